The van der Waals surface area contributed by atoms with Crippen molar-refractivity contribution in [3.05, 3.63) is 77.5 Å². The smallest absolute Gasteiger partial charge is 0.338 e. The van der Waals surface area contributed by atoms with Crippen LogP contribution in [0.5, 0.6) is 0 Å². The van der Waals surface area contributed by atoms with Gasteiger partial charge >= 0.3 is 12.0 Å². The van der Waals surface area contributed by atoms with Gasteiger partial charge in [-0.25, -0.2) is 9.59 Å². The molecule has 9 heteroatoms. The third-order valence-corrected chi connectivity index (χ3v) is 6.42. The fourth-order valence-electron chi connectivity index (χ4n) is 3.89. The van der Waals surface area contributed by atoms with E-state index in [1.165, 1.54) is 18.9 Å². The number of rotatable bonds is 7. The van der Waals surface area contributed by atoms with Crippen molar-refractivity contribution in [2.24, 2.45) is 0 Å². The van der Waals surface area contributed by atoms with Crippen LogP contribution in [0, 0.1) is 0 Å². The number of ether oxygens (including phenoxy) is 1. The Balaban J connectivity index is 1.49. The number of esters is 1. The van der Waals surface area contributed by atoms with Crippen LogP contribution >= 0.6 is 11.8 Å². The first kappa shape index (κ1) is 21.3. The van der Waals surface area contributed by atoms with E-state index in [4.69, 9.17) is 9.15 Å². The van der Waals surface area contributed by atoms with Crippen LogP contribution in [0.3, 0.4) is 0 Å². The Bertz CT molecular complexity index is 1190. The van der Waals surface area contributed by atoms with E-state index in [2.05, 4.69) is 15.5 Å². The number of carbonyl (C=O) groups excluding carboxylic acids is 2. The maximum Gasteiger partial charge on any atom is 0.338 e. The Morgan fingerprint density at radius 3 is 2.48 bits per heavy atom. The molecule has 0 saturated heterocycles. The van der Waals surface area contributed by atoms with Crippen LogP contribution in [-0.4, -0.2) is 46.0 Å². The van der Waals surface area contributed by atoms with Crippen molar-refractivity contribution in [1.29, 1.82) is 0 Å². The first-order valence-corrected chi connectivity index (χ1v) is 11.6. The zero-order valence-corrected chi connectivity index (χ0v) is 18.7. The van der Waals surface area contributed by atoms with Crippen molar-refractivity contribution < 1.29 is 18.7 Å². The molecule has 1 N–H and O–H groups in total. The van der Waals surface area contributed by atoms with Crippen LogP contribution < -0.4 is 5.32 Å². The molecule has 168 valence electrons. The summed E-state index contributed by atoms with van der Waals surface area (Å²) in [5.41, 5.74) is 2.68. The molecule has 8 nitrogen and oxygen atoms in total. The number of methoxy groups -OCH3 is 1. The molecule has 1 saturated carbocycles. The summed E-state index contributed by atoms with van der Waals surface area (Å²) in [4.78, 5) is 27.7. The maximum atomic E-state index is 13.1. The Kier molecular flexibility index (Phi) is 5.87. The van der Waals surface area contributed by atoms with Gasteiger partial charge in [0.1, 0.15) is 0 Å². The highest BCUT2D eigenvalue weighted by Gasteiger charge is 2.44. The number of hydrogen-bond donors (Lipinski definition) is 1. The van der Waals surface area contributed by atoms with Gasteiger partial charge < -0.3 is 14.5 Å². The van der Waals surface area contributed by atoms with E-state index in [1.54, 1.807) is 4.90 Å². The van der Waals surface area contributed by atoms with E-state index in [-0.39, 0.29) is 12.1 Å². The van der Waals surface area contributed by atoms with Crippen LogP contribution in [0.4, 0.5) is 4.79 Å². The summed E-state index contributed by atoms with van der Waals surface area (Å²) in [7, 11) is 1.35. The van der Waals surface area contributed by atoms with E-state index >= 15 is 0 Å². The molecule has 5 rings (SSSR count). The third-order valence-electron chi connectivity index (χ3n) is 5.59. The molecule has 1 unspecified atom stereocenters. The number of thioether (sulfide) groups is 1. The highest BCUT2D eigenvalue weighted by atomic mass is 32.2. The van der Waals surface area contributed by atoms with Gasteiger partial charge in [0.25, 0.3) is 5.22 Å². The molecule has 33 heavy (non-hydrogen) atoms. The maximum absolute atomic E-state index is 13.1. The zero-order valence-electron chi connectivity index (χ0n) is 17.9. The number of hydrogen-bond acceptors (Lipinski definition) is 7. The van der Waals surface area contributed by atoms with E-state index in [1.807, 2.05) is 60.7 Å². The van der Waals surface area contributed by atoms with Gasteiger partial charge in [-0.2, -0.15) is 0 Å². The topological polar surface area (TPSA) is 97.6 Å². The highest BCUT2D eigenvalue weighted by molar-refractivity contribution is 7.99. The van der Waals surface area contributed by atoms with E-state index in [9.17, 15) is 9.59 Å². The summed E-state index contributed by atoms with van der Waals surface area (Å²) in [6.07, 6.45) is 1.79. The lowest BCUT2D eigenvalue weighted by Gasteiger charge is -2.36. The minimum Gasteiger partial charge on any atom is -0.466 e. The lowest BCUT2D eigenvalue weighted by Crippen LogP contribution is -2.50. The molecule has 3 aromatic rings. The monoisotopic (exact) mass is 462 g/mol. The van der Waals surface area contributed by atoms with Crippen LogP contribution in [-0.2, 0) is 9.53 Å². The van der Waals surface area contributed by atoms with Gasteiger partial charge in [0.2, 0.25) is 5.89 Å². The van der Waals surface area contributed by atoms with E-state index < -0.39 is 12.0 Å². The summed E-state index contributed by atoms with van der Waals surface area (Å²) in [5, 5.41) is 11.6. The fraction of sp³-hybridized carbons (Fsp3) is 0.250. The molecule has 1 fully saturated rings. The molecule has 2 heterocycles. The summed E-state index contributed by atoms with van der Waals surface area (Å²) in [5.74, 6) is 0.261. The van der Waals surface area contributed by atoms with Crippen molar-refractivity contribution >= 4 is 23.8 Å². The molecule has 2 aromatic carbocycles. The largest absolute Gasteiger partial charge is 0.466 e. The molecule has 1 aromatic heterocycles. The number of aromatic nitrogens is 2. The van der Waals surface area contributed by atoms with Crippen molar-refractivity contribution in [1.82, 2.24) is 20.4 Å². The van der Waals surface area contributed by atoms with Gasteiger partial charge in [0.15, 0.2) is 0 Å². The SMILES string of the molecule is COC(=O)C1=C(CSc2nnc(-c3ccccc3)o2)N(C2CC2)C(=O)NC1c1ccccc1. The Hall–Kier alpha value is -3.59. The number of amides is 2. The molecule has 2 aliphatic rings. The molecule has 0 spiro atoms. The summed E-state index contributed by atoms with van der Waals surface area (Å²) in [6, 6.07) is 18.2. The van der Waals surface area contributed by atoms with Gasteiger partial charge in [-0.05, 0) is 30.5 Å². The minimum atomic E-state index is -0.598. The van der Waals surface area contributed by atoms with Gasteiger partial charge in [-0.3, -0.25) is 4.90 Å². The van der Waals surface area contributed by atoms with Crippen molar-refractivity contribution in [3.8, 4) is 11.5 Å². The Morgan fingerprint density at radius 2 is 1.82 bits per heavy atom. The molecule has 1 atom stereocenters. The molecule has 2 amide bonds. The lowest BCUT2D eigenvalue weighted by atomic mass is 9.95. The summed E-state index contributed by atoms with van der Waals surface area (Å²) >= 11 is 1.29. The van der Waals surface area contributed by atoms with E-state index in [0.29, 0.717) is 28.1 Å². The normalized spacial score (nSPS) is 18.3. The summed E-state index contributed by atoms with van der Waals surface area (Å²) < 4.78 is 10.9. The van der Waals surface area contributed by atoms with Crippen LogP contribution in [0.1, 0.15) is 24.4 Å². The van der Waals surface area contributed by atoms with Gasteiger partial charge in [0.05, 0.1) is 18.7 Å². The average Bonchev–Trinajstić information content (AvgIpc) is 3.58. The predicted octanol–water partition coefficient (Wildman–Crippen LogP) is 4.18. The van der Waals surface area contributed by atoms with E-state index in [0.717, 1.165) is 24.0 Å². The first-order valence-electron chi connectivity index (χ1n) is 10.6. The third kappa shape index (κ3) is 4.36. The van der Waals surface area contributed by atoms with Crippen LogP contribution in [0.25, 0.3) is 11.5 Å². The average molecular weight is 463 g/mol. The standard InChI is InChI=1S/C24H22N4O4S/c1-31-22(29)19-18(14-33-24-27-26-21(32-24)16-10-6-3-7-11-16)28(17-12-13-17)23(30)25-20(19)15-8-4-2-5-9-15/h2-11,17,20H,12-14H2,1H3,(H,25,30). The van der Waals surface area contributed by atoms with Crippen LogP contribution in [0.15, 0.2) is 81.6 Å². The molecule has 0 radical (unpaired) electrons. The molecule has 1 aliphatic heterocycles. The number of carbonyl (C=O) groups is 2. The Morgan fingerprint density at radius 1 is 1.12 bits per heavy atom. The lowest BCUT2D eigenvalue weighted by molar-refractivity contribution is -0.136. The zero-order chi connectivity index (χ0) is 22.8. The van der Waals surface area contributed by atoms with Crippen molar-refractivity contribution in [2.75, 3.05) is 12.9 Å². The molecular weight excluding hydrogens is 440 g/mol. The number of benzene rings is 2. The van der Waals surface area contributed by atoms with Crippen molar-refractivity contribution in [2.45, 2.75) is 30.1 Å². The minimum absolute atomic E-state index is 0.0690. The number of nitrogens with one attached hydrogen (secondary N) is 1. The second kappa shape index (κ2) is 9.11. The van der Waals surface area contributed by atoms with Crippen molar-refractivity contribution in [3.63, 3.8) is 0 Å². The van der Waals surface area contributed by atoms with Gasteiger partial charge in [0, 0.05) is 23.1 Å². The molecule has 1 aliphatic carbocycles. The van der Waals surface area contributed by atoms with Gasteiger partial charge in [-0.15, -0.1) is 10.2 Å². The van der Waals surface area contributed by atoms with Crippen LogP contribution in [0.2, 0.25) is 0 Å². The quantitative estimate of drug-likeness (QED) is 0.415. The molecular formula is C24H22N4O4S. The second-order valence-corrected chi connectivity index (χ2v) is 8.70. The predicted molar refractivity (Wildman–Crippen MR) is 122 cm³/mol. The first-order chi connectivity index (χ1) is 16.2. The second-order valence-electron chi connectivity index (χ2n) is 7.77. The highest BCUT2D eigenvalue weighted by Crippen LogP contribution is 2.40. The van der Waals surface area contributed by atoms with Gasteiger partial charge in [-0.1, -0.05) is 60.3 Å². The fourth-order valence-corrected chi connectivity index (χ4v) is 4.68. The number of nitrogens with zero attached hydrogens (tertiary/aromatic N) is 3. The summed E-state index contributed by atoms with van der Waals surface area (Å²) in [6.45, 7) is 0. The Labute approximate surface area is 195 Å². The number of urea groups is 1. The molecule has 0 bridgehead atoms.